The Hall–Kier alpha value is -2.56. The zero-order valence-corrected chi connectivity index (χ0v) is 15.3. The van der Waals surface area contributed by atoms with E-state index in [0.29, 0.717) is 11.8 Å². The van der Waals surface area contributed by atoms with Gasteiger partial charge in [0.25, 0.3) is 0 Å². The molecule has 0 bridgehead atoms. The third-order valence-electron chi connectivity index (χ3n) is 5.34. The van der Waals surface area contributed by atoms with Crippen molar-refractivity contribution in [2.45, 2.75) is 38.5 Å². The van der Waals surface area contributed by atoms with Crippen molar-refractivity contribution in [2.24, 2.45) is 18.0 Å². The second-order valence-electron chi connectivity index (χ2n) is 6.97. The number of hydrogen-bond donors (Lipinski definition) is 1. The first-order valence-electron chi connectivity index (χ1n) is 9.06. The maximum absolute atomic E-state index is 14.7. The van der Waals surface area contributed by atoms with E-state index in [9.17, 15) is 4.39 Å². The normalized spacial score (nSPS) is 20.4. The lowest BCUT2D eigenvalue weighted by Crippen LogP contribution is -2.14. The van der Waals surface area contributed by atoms with Crippen LogP contribution in [0.2, 0.25) is 0 Å². The highest BCUT2D eigenvalue weighted by Crippen LogP contribution is 2.41. The van der Waals surface area contributed by atoms with E-state index < -0.39 is 0 Å². The molecule has 1 heterocycles. The molecule has 2 aromatic rings. The summed E-state index contributed by atoms with van der Waals surface area (Å²) >= 11 is 0. The van der Waals surface area contributed by atoms with Crippen molar-refractivity contribution in [2.75, 3.05) is 0 Å². The summed E-state index contributed by atoms with van der Waals surface area (Å²) in [7, 11) is 1.98. The Balaban J connectivity index is 1.78. The van der Waals surface area contributed by atoms with Gasteiger partial charge in [0.2, 0.25) is 0 Å². The molecule has 5 heteroatoms. The average molecular weight is 352 g/mol. The molecule has 2 atom stereocenters. The molecule has 26 heavy (non-hydrogen) atoms. The molecule has 1 N–H and O–H groups in total. The molecule has 1 aromatic carbocycles. The molecule has 1 aromatic heterocycles. The van der Waals surface area contributed by atoms with Gasteiger partial charge >= 0.3 is 0 Å². The summed E-state index contributed by atoms with van der Waals surface area (Å²) in [5.74, 6) is 0.773. The van der Waals surface area contributed by atoms with Gasteiger partial charge in [-0.2, -0.15) is 5.10 Å². The van der Waals surface area contributed by atoms with E-state index in [1.54, 1.807) is 12.1 Å². The summed E-state index contributed by atoms with van der Waals surface area (Å²) in [4.78, 5) is 3.69. The Morgan fingerprint density at radius 3 is 2.96 bits per heavy atom. The second-order valence-corrected chi connectivity index (χ2v) is 6.97. The summed E-state index contributed by atoms with van der Waals surface area (Å²) in [5, 5.41) is 11.2. The lowest BCUT2D eigenvalue weighted by Gasteiger charge is -2.21. The van der Waals surface area contributed by atoms with E-state index in [-0.39, 0.29) is 5.82 Å². The number of aryl methyl sites for hydroxylation is 2. The number of nitrogens with one attached hydrogen (secondary N) is 1. The molecule has 0 spiro atoms. The highest BCUT2D eigenvalue weighted by Gasteiger charge is 2.31. The van der Waals surface area contributed by atoms with Gasteiger partial charge in [0.1, 0.15) is 12.2 Å². The van der Waals surface area contributed by atoms with Gasteiger partial charge in [0, 0.05) is 31.1 Å². The van der Waals surface area contributed by atoms with Crippen molar-refractivity contribution in [1.29, 1.82) is 5.41 Å². The summed E-state index contributed by atoms with van der Waals surface area (Å²) in [6.07, 6.45) is 12.1. The third kappa shape index (κ3) is 3.98. The Morgan fingerprint density at radius 2 is 2.23 bits per heavy atom. The Bertz CT molecular complexity index is 835. The molecule has 0 radical (unpaired) electrons. The van der Waals surface area contributed by atoms with Gasteiger partial charge < -0.3 is 0 Å². The molecular weight excluding hydrogens is 327 g/mol. The highest BCUT2D eigenvalue weighted by atomic mass is 19.1. The quantitative estimate of drug-likeness (QED) is 0.595. The lowest BCUT2D eigenvalue weighted by molar-refractivity contribution is 0.448. The van der Waals surface area contributed by atoms with Crippen LogP contribution in [-0.2, 0) is 13.5 Å². The Labute approximate surface area is 154 Å². The minimum atomic E-state index is -0.144. The van der Waals surface area contributed by atoms with Crippen LogP contribution >= 0.6 is 0 Å². The summed E-state index contributed by atoms with van der Waals surface area (Å²) in [5.41, 5.74) is 3.95. The van der Waals surface area contributed by atoms with Crippen LogP contribution in [0.4, 0.5) is 4.39 Å². The zero-order chi connectivity index (χ0) is 18.5. The fraction of sp³-hybridized carbons (Fsp3) is 0.381. The van der Waals surface area contributed by atoms with Crippen molar-refractivity contribution < 1.29 is 4.39 Å². The van der Waals surface area contributed by atoms with E-state index in [0.717, 1.165) is 42.3 Å². The minimum Gasteiger partial charge on any atom is -0.290 e. The number of aliphatic imine (C=N–C) groups is 1. The van der Waals surface area contributed by atoms with Crippen molar-refractivity contribution in [3.05, 3.63) is 58.7 Å². The Morgan fingerprint density at radius 1 is 1.38 bits per heavy atom. The van der Waals surface area contributed by atoms with E-state index >= 15 is 0 Å². The summed E-state index contributed by atoms with van der Waals surface area (Å²) in [6.45, 7) is 2.00. The van der Waals surface area contributed by atoms with Crippen molar-refractivity contribution in [1.82, 2.24) is 9.78 Å². The van der Waals surface area contributed by atoms with Gasteiger partial charge in [-0.05, 0) is 67.0 Å². The standard InChI is InChI=1S/C21H25FN4/c1-15-11-18(20(22)13-16(15)6-4-9-24-14-23)12-17-5-3-7-19(17)21-8-10-25-26(21)2/h4,6,8-11,13-14,17,19,23H,3,5,7,12H2,1-2H3/b6-4+,23-14?,24-9-. The second kappa shape index (κ2) is 8.21. The molecule has 2 unspecified atom stereocenters. The van der Waals surface area contributed by atoms with Gasteiger partial charge in [0.05, 0.1) is 0 Å². The molecule has 3 rings (SSSR count). The van der Waals surface area contributed by atoms with E-state index in [2.05, 4.69) is 16.2 Å². The van der Waals surface area contributed by atoms with Crippen LogP contribution in [0.1, 0.15) is 47.6 Å². The number of rotatable bonds is 6. The smallest absolute Gasteiger partial charge is 0.127 e. The SMILES string of the molecule is Cc1cc(CC2CCCC2c2ccnn2C)c(F)cc1/C=C/C=N\C=N. The maximum Gasteiger partial charge on any atom is 0.127 e. The van der Waals surface area contributed by atoms with Crippen LogP contribution in [0, 0.1) is 24.1 Å². The van der Waals surface area contributed by atoms with Gasteiger partial charge in [-0.1, -0.05) is 18.6 Å². The van der Waals surface area contributed by atoms with Gasteiger partial charge in [0.15, 0.2) is 0 Å². The number of benzene rings is 1. The van der Waals surface area contributed by atoms with E-state index in [1.807, 2.05) is 37.0 Å². The molecule has 136 valence electrons. The Kier molecular flexibility index (Phi) is 5.76. The zero-order valence-electron chi connectivity index (χ0n) is 15.3. The number of allylic oxidation sites excluding steroid dienone is 1. The molecule has 1 aliphatic rings. The molecule has 1 saturated carbocycles. The molecule has 0 aliphatic heterocycles. The van der Waals surface area contributed by atoms with Crippen LogP contribution in [0.25, 0.3) is 6.08 Å². The van der Waals surface area contributed by atoms with Crippen LogP contribution in [-0.4, -0.2) is 22.3 Å². The molecule has 1 fully saturated rings. The largest absolute Gasteiger partial charge is 0.290 e. The number of halogens is 1. The first-order valence-corrected chi connectivity index (χ1v) is 9.06. The number of aromatic nitrogens is 2. The first-order chi connectivity index (χ1) is 12.6. The lowest BCUT2D eigenvalue weighted by atomic mass is 9.86. The average Bonchev–Trinajstić information content (AvgIpc) is 3.24. The van der Waals surface area contributed by atoms with E-state index in [4.69, 9.17) is 5.41 Å². The fourth-order valence-electron chi connectivity index (χ4n) is 4.03. The van der Waals surface area contributed by atoms with Gasteiger partial charge in [-0.25, -0.2) is 9.38 Å². The minimum absolute atomic E-state index is 0.144. The van der Waals surface area contributed by atoms with Crippen LogP contribution < -0.4 is 0 Å². The first kappa shape index (κ1) is 18.2. The van der Waals surface area contributed by atoms with Crippen LogP contribution in [0.5, 0.6) is 0 Å². The molecule has 0 saturated heterocycles. The monoisotopic (exact) mass is 352 g/mol. The molecule has 1 aliphatic carbocycles. The van der Waals surface area contributed by atoms with Gasteiger partial charge in [-0.15, -0.1) is 0 Å². The number of nitrogens with zero attached hydrogens (tertiary/aromatic N) is 3. The topological polar surface area (TPSA) is 54.0 Å². The molecule has 0 amide bonds. The molecule has 4 nitrogen and oxygen atoms in total. The number of hydrogen-bond acceptors (Lipinski definition) is 2. The van der Waals surface area contributed by atoms with Gasteiger partial charge in [-0.3, -0.25) is 10.1 Å². The summed E-state index contributed by atoms with van der Waals surface area (Å²) in [6, 6.07) is 5.67. The third-order valence-corrected chi connectivity index (χ3v) is 5.34. The van der Waals surface area contributed by atoms with Crippen LogP contribution in [0.3, 0.4) is 0 Å². The summed E-state index contributed by atoms with van der Waals surface area (Å²) < 4.78 is 16.6. The van der Waals surface area contributed by atoms with Crippen molar-refractivity contribution >= 4 is 18.6 Å². The predicted octanol–water partition coefficient (Wildman–Crippen LogP) is 4.69. The predicted molar refractivity (Wildman–Crippen MR) is 104 cm³/mol. The van der Waals surface area contributed by atoms with E-state index in [1.165, 1.54) is 18.3 Å². The van der Waals surface area contributed by atoms with Crippen molar-refractivity contribution in [3.8, 4) is 0 Å². The maximum atomic E-state index is 14.7. The molecular formula is C21H25FN4. The fourth-order valence-corrected chi connectivity index (χ4v) is 4.03. The van der Waals surface area contributed by atoms with Crippen molar-refractivity contribution in [3.63, 3.8) is 0 Å². The highest BCUT2D eigenvalue weighted by molar-refractivity contribution is 5.83. The van der Waals surface area contributed by atoms with Crippen LogP contribution in [0.15, 0.2) is 35.5 Å².